The highest BCUT2D eigenvalue weighted by Gasteiger charge is 2.30. The average molecular weight is 397 g/mol. The zero-order valence-electron chi connectivity index (χ0n) is 14.3. The Morgan fingerprint density at radius 3 is 2.69 bits per heavy atom. The molecule has 1 aliphatic rings. The third-order valence-corrected chi connectivity index (χ3v) is 6.67. The van der Waals surface area contributed by atoms with Crippen molar-refractivity contribution in [2.24, 2.45) is 0 Å². The van der Waals surface area contributed by atoms with Gasteiger partial charge in [0.1, 0.15) is 5.75 Å². The molecule has 0 spiro atoms. The van der Waals surface area contributed by atoms with Crippen LogP contribution in [0.5, 0.6) is 5.75 Å². The highest BCUT2D eigenvalue weighted by atomic mass is 32.2. The summed E-state index contributed by atoms with van der Waals surface area (Å²) in [5, 5.41) is 10.5. The van der Waals surface area contributed by atoms with Gasteiger partial charge < -0.3 is 14.5 Å². The minimum atomic E-state index is -3.03. The lowest BCUT2D eigenvalue weighted by Crippen LogP contribution is -2.39. The quantitative estimate of drug-likeness (QED) is 0.731. The molecular formula is C16H19N3O5S2. The Labute approximate surface area is 155 Å². The van der Waals surface area contributed by atoms with Gasteiger partial charge in [0.15, 0.2) is 9.84 Å². The predicted molar refractivity (Wildman–Crippen MR) is 96.8 cm³/mol. The van der Waals surface area contributed by atoms with Gasteiger partial charge in [-0.25, -0.2) is 8.42 Å². The van der Waals surface area contributed by atoms with Crippen LogP contribution in [0, 0.1) is 0 Å². The van der Waals surface area contributed by atoms with Crippen molar-refractivity contribution in [3.8, 4) is 17.2 Å². The SMILES string of the molecule is COc1ccc(-c2nnc(S[C@H](C)C(=O)N[C@H]3CCS(=O)(=O)C3)o2)cc1. The molecule has 3 rings (SSSR count). The van der Waals surface area contributed by atoms with Crippen LogP contribution in [0.4, 0.5) is 0 Å². The number of rotatable bonds is 6. The molecule has 2 atom stereocenters. The van der Waals surface area contributed by atoms with E-state index in [1.807, 2.05) is 0 Å². The number of aromatic nitrogens is 2. The zero-order chi connectivity index (χ0) is 18.7. The normalized spacial score (nSPS) is 19.8. The molecule has 2 aromatic rings. The van der Waals surface area contributed by atoms with Gasteiger partial charge in [0.05, 0.1) is 23.9 Å². The Kier molecular flexibility index (Phi) is 5.52. The molecule has 2 heterocycles. The summed E-state index contributed by atoms with van der Waals surface area (Å²) in [7, 11) is -1.44. The van der Waals surface area contributed by atoms with Gasteiger partial charge in [-0.2, -0.15) is 0 Å². The van der Waals surface area contributed by atoms with Crippen molar-refractivity contribution in [2.45, 2.75) is 29.9 Å². The van der Waals surface area contributed by atoms with Crippen LogP contribution in [0.1, 0.15) is 13.3 Å². The Morgan fingerprint density at radius 2 is 2.08 bits per heavy atom. The first-order chi connectivity index (χ1) is 12.4. The van der Waals surface area contributed by atoms with Crippen LogP contribution in [0.15, 0.2) is 33.9 Å². The van der Waals surface area contributed by atoms with Crippen molar-refractivity contribution >= 4 is 27.5 Å². The number of amides is 1. The van der Waals surface area contributed by atoms with Crippen LogP contribution >= 0.6 is 11.8 Å². The molecule has 140 valence electrons. The number of hydrogen-bond acceptors (Lipinski definition) is 8. The summed E-state index contributed by atoms with van der Waals surface area (Å²) in [6.45, 7) is 1.71. The third-order valence-electron chi connectivity index (χ3n) is 3.97. The zero-order valence-corrected chi connectivity index (χ0v) is 16.0. The van der Waals surface area contributed by atoms with Crippen molar-refractivity contribution < 1.29 is 22.4 Å². The molecule has 8 nitrogen and oxygen atoms in total. The standard InChI is InChI=1S/C16H19N3O5S2/c1-10(14(20)17-12-7-8-26(21,22)9-12)25-16-19-18-15(24-16)11-3-5-13(23-2)6-4-11/h3-6,10,12H,7-9H2,1-2H3,(H,17,20)/t10-,12+/m1/s1. The van der Waals surface area contributed by atoms with Crippen LogP contribution in [0.3, 0.4) is 0 Å². The second-order valence-electron chi connectivity index (χ2n) is 5.97. The minimum absolute atomic E-state index is 0.00168. The van der Waals surface area contributed by atoms with Gasteiger partial charge in [-0.3, -0.25) is 4.79 Å². The molecule has 0 unspecified atom stereocenters. The van der Waals surface area contributed by atoms with Gasteiger partial charge in [0.25, 0.3) is 5.22 Å². The van der Waals surface area contributed by atoms with Crippen molar-refractivity contribution in [1.82, 2.24) is 15.5 Å². The van der Waals surface area contributed by atoms with Gasteiger partial charge in [0, 0.05) is 11.6 Å². The fraction of sp³-hybridized carbons (Fsp3) is 0.438. The highest BCUT2D eigenvalue weighted by Crippen LogP contribution is 2.27. The van der Waals surface area contributed by atoms with E-state index in [-0.39, 0.29) is 28.7 Å². The van der Waals surface area contributed by atoms with E-state index in [0.29, 0.717) is 12.3 Å². The van der Waals surface area contributed by atoms with Gasteiger partial charge in [-0.15, -0.1) is 10.2 Å². The number of thioether (sulfide) groups is 1. The summed E-state index contributed by atoms with van der Waals surface area (Å²) in [5.41, 5.74) is 0.749. The van der Waals surface area contributed by atoms with E-state index in [1.54, 1.807) is 38.3 Å². The van der Waals surface area contributed by atoms with Gasteiger partial charge >= 0.3 is 0 Å². The van der Waals surface area contributed by atoms with E-state index in [0.717, 1.165) is 23.1 Å². The lowest BCUT2D eigenvalue weighted by Gasteiger charge is -2.14. The van der Waals surface area contributed by atoms with E-state index < -0.39 is 15.1 Å². The molecule has 10 heteroatoms. The largest absolute Gasteiger partial charge is 0.497 e. The Morgan fingerprint density at radius 1 is 1.35 bits per heavy atom. The second-order valence-corrected chi connectivity index (χ2v) is 9.49. The molecule has 1 amide bonds. The lowest BCUT2D eigenvalue weighted by molar-refractivity contribution is -0.120. The number of methoxy groups -OCH3 is 1. The molecule has 0 saturated carbocycles. The Hall–Kier alpha value is -2.07. The topological polar surface area (TPSA) is 111 Å². The summed E-state index contributed by atoms with van der Waals surface area (Å²) in [5.74, 6) is 0.945. The first-order valence-corrected chi connectivity index (χ1v) is 10.7. The minimum Gasteiger partial charge on any atom is -0.497 e. The van der Waals surface area contributed by atoms with Gasteiger partial charge in [-0.1, -0.05) is 11.8 Å². The third kappa shape index (κ3) is 4.55. The number of hydrogen-bond donors (Lipinski definition) is 1. The Bertz CT molecular complexity index is 880. The van der Waals surface area contributed by atoms with Crippen molar-refractivity contribution in [2.75, 3.05) is 18.6 Å². The molecule has 0 bridgehead atoms. The van der Waals surface area contributed by atoms with Crippen molar-refractivity contribution in [3.63, 3.8) is 0 Å². The van der Waals surface area contributed by atoms with Crippen molar-refractivity contribution in [3.05, 3.63) is 24.3 Å². The summed E-state index contributed by atoms with van der Waals surface area (Å²) >= 11 is 1.13. The fourth-order valence-electron chi connectivity index (χ4n) is 2.54. The maximum Gasteiger partial charge on any atom is 0.277 e. The highest BCUT2D eigenvalue weighted by molar-refractivity contribution is 8.00. The molecule has 0 aliphatic carbocycles. The maximum atomic E-state index is 12.2. The Balaban J connectivity index is 1.58. The molecule has 1 aromatic heterocycles. The van der Waals surface area contributed by atoms with E-state index >= 15 is 0 Å². The molecule has 1 aliphatic heterocycles. The molecule has 0 radical (unpaired) electrons. The van der Waals surface area contributed by atoms with Crippen LogP contribution in [-0.2, 0) is 14.6 Å². The second kappa shape index (κ2) is 7.67. The maximum absolute atomic E-state index is 12.2. The number of nitrogens with one attached hydrogen (secondary N) is 1. The number of ether oxygens (including phenoxy) is 1. The van der Waals surface area contributed by atoms with Crippen LogP contribution in [-0.4, -0.2) is 54.4 Å². The summed E-state index contributed by atoms with van der Waals surface area (Å²) < 4.78 is 33.6. The summed E-state index contributed by atoms with van der Waals surface area (Å²) in [4.78, 5) is 12.2. The number of carbonyl (C=O) groups excluding carboxylic acids is 1. The van der Waals surface area contributed by atoms with E-state index in [1.165, 1.54) is 0 Å². The molecule has 1 saturated heterocycles. The van der Waals surface area contributed by atoms with E-state index in [9.17, 15) is 13.2 Å². The monoisotopic (exact) mass is 397 g/mol. The number of sulfone groups is 1. The first-order valence-electron chi connectivity index (χ1n) is 8.02. The molecule has 1 aromatic carbocycles. The average Bonchev–Trinajstić information content (AvgIpc) is 3.21. The number of carbonyl (C=O) groups is 1. The first kappa shape index (κ1) is 18.7. The summed E-state index contributed by atoms with van der Waals surface area (Å²) in [6.07, 6.45) is 0.452. The molecular weight excluding hydrogens is 378 g/mol. The van der Waals surface area contributed by atoms with E-state index in [4.69, 9.17) is 9.15 Å². The van der Waals surface area contributed by atoms with Crippen molar-refractivity contribution in [1.29, 1.82) is 0 Å². The fourth-order valence-corrected chi connectivity index (χ4v) is 4.91. The number of benzene rings is 1. The number of nitrogens with zero attached hydrogens (tertiary/aromatic N) is 2. The van der Waals surface area contributed by atoms with Gasteiger partial charge in [-0.05, 0) is 37.6 Å². The summed E-state index contributed by atoms with van der Waals surface area (Å²) in [6, 6.07) is 6.86. The smallest absolute Gasteiger partial charge is 0.277 e. The molecule has 1 fully saturated rings. The molecule has 26 heavy (non-hydrogen) atoms. The van der Waals surface area contributed by atoms with Gasteiger partial charge in [0.2, 0.25) is 11.8 Å². The van der Waals surface area contributed by atoms with E-state index in [2.05, 4.69) is 15.5 Å². The predicted octanol–water partition coefficient (Wildman–Crippen LogP) is 1.53. The van der Waals surface area contributed by atoms with Crippen LogP contribution in [0.2, 0.25) is 0 Å². The lowest BCUT2D eigenvalue weighted by atomic mass is 10.2. The molecule has 1 N–H and O–H groups in total. The van der Waals surface area contributed by atoms with Crippen LogP contribution < -0.4 is 10.1 Å². The van der Waals surface area contributed by atoms with Crippen LogP contribution in [0.25, 0.3) is 11.5 Å².